The van der Waals surface area contributed by atoms with Gasteiger partial charge in [0, 0.05) is 18.9 Å². The minimum atomic E-state index is -4.52. The number of hydrogen-bond acceptors (Lipinski definition) is 4. The Morgan fingerprint density at radius 2 is 1.87 bits per heavy atom. The van der Waals surface area contributed by atoms with E-state index < -0.39 is 32.2 Å². The standard InChI is InChI=1S/C20H20F3N3O3S/c1-13-5-4-6-15(9-13)30(28,29)19(2,3)12-24-18(27)16-11-26-8-7-14(20(21,22)23)10-17(26)25-16/h4-11H,12H2,1-3H3,(H,24,27). The number of aromatic nitrogens is 2. The van der Waals surface area contributed by atoms with Crippen molar-refractivity contribution >= 4 is 21.4 Å². The third-order valence-corrected chi connectivity index (χ3v) is 7.20. The van der Waals surface area contributed by atoms with E-state index in [0.717, 1.165) is 23.9 Å². The fourth-order valence-electron chi connectivity index (χ4n) is 2.85. The van der Waals surface area contributed by atoms with Gasteiger partial charge in [0.1, 0.15) is 11.3 Å². The number of alkyl halides is 3. The number of imidazole rings is 1. The van der Waals surface area contributed by atoms with Crippen LogP contribution in [0.5, 0.6) is 0 Å². The van der Waals surface area contributed by atoms with Crippen LogP contribution < -0.4 is 5.32 Å². The Labute approximate surface area is 171 Å². The van der Waals surface area contributed by atoms with Crippen LogP contribution in [0, 0.1) is 6.92 Å². The van der Waals surface area contributed by atoms with Crippen LogP contribution in [0.4, 0.5) is 13.2 Å². The molecule has 160 valence electrons. The maximum atomic E-state index is 12.9. The number of pyridine rings is 1. The number of halogens is 3. The molecular weight excluding hydrogens is 419 g/mol. The van der Waals surface area contributed by atoms with E-state index in [1.165, 1.54) is 30.5 Å². The molecule has 0 bridgehead atoms. The minimum absolute atomic E-state index is 0.0402. The highest BCUT2D eigenvalue weighted by Crippen LogP contribution is 2.30. The second kappa shape index (κ2) is 7.42. The summed E-state index contributed by atoms with van der Waals surface area (Å²) in [5, 5.41) is 2.52. The lowest BCUT2D eigenvalue weighted by atomic mass is 10.2. The fourth-order valence-corrected chi connectivity index (χ4v) is 4.35. The van der Waals surface area contributed by atoms with Crippen molar-refractivity contribution in [3.63, 3.8) is 0 Å². The molecule has 0 saturated heterocycles. The van der Waals surface area contributed by atoms with Gasteiger partial charge in [-0.25, -0.2) is 13.4 Å². The van der Waals surface area contributed by atoms with E-state index in [1.54, 1.807) is 25.1 Å². The number of amides is 1. The molecule has 6 nitrogen and oxygen atoms in total. The van der Waals surface area contributed by atoms with Gasteiger partial charge in [-0.3, -0.25) is 4.79 Å². The van der Waals surface area contributed by atoms with Gasteiger partial charge in [-0.1, -0.05) is 12.1 Å². The number of fused-ring (bicyclic) bond motifs is 1. The van der Waals surface area contributed by atoms with E-state index in [-0.39, 0.29) is 22.8 Å². The van der Waals surface area contributed by atoms with Crippen molar-refractivity contribution in [3.05, 3.63) is 65.6 Å². The maximum absolute atomic E-state index is 12.9. The van der Waals surface area contributed by atoms with Gasteiger partial charge in [0.25, 0.3) is 5.91 Å². The Morgan fingerprint density at radius 1 is 1.17 bits per heavy atom. The number of benzene rings is 1. The predicted octanol–water partition coefficient (Wildman–Crippen LogP) is 3.64. The third kappa shape index (κ3) is 4.18. The van der Waals surface area contributed by atoms with E-state index >= 15 is 0 Å². The smallest absolute Gasteiger partial charge is 0.349 e. The molecule has 10 heteroatoms. The van der Waals surface area contributed by atoms with Crippen LogP contribution in [0.15, 0.2) is 53.7 Å². The largest absolute Gasteiger partial charge is 0.416 e. The van der Waals surface area contributed by atoms with Crippen LogP contribution >= 0.6 is 0 Å². The topological polar surface area (TPSA) is 80.5 Å². The van der Waals surface area contributed by atoms with Gasteiger partial charge in [0.05, 0.1) is 15.2 Å². The van der Waals surface area contributed by atoms with E-state index in [4.69, 9.17) is 0 Å². The fraction of sp³-hybridized carbons (Fsp3) is 0.300. The maximum Gasteiger partial charge on any atom is 0.416 e. The Balaban J connectivity index is 1.79. The Hall–Kier alpha value is -2.88. The summed E-state index contributed by atoms with van der Waals surface area (Å²) in [4.78, 5) is 16.5. The molecule has 0 unspecified atom stereocenters. The molecule has 0 radical (unpaired) electrons. The van der Waals surface area contributed by atoms with E-state index in [2.05, 4.69) is 10.3 Å². The number of carbonyl (C=O) groups is 1. The summed E-state index contributed by atoms with van der Waals surface area (Å²) in [6, 6.07) is 8.19. The monoisotopic (exact) mass is 439 g/mol. The third-order valence-electron chi connectivity index (χ3n) is 4.72. The second-order valence-corrected chi connectivity index (χ2v) is 10.2. The van der Waals surface area contributed by atoms with Crippen LogP contribution in [0.1, 0.15) is 35.5 Å². The zero-order valence-electron chi connectivity index (χ0n) is 16.5. The molecule has 30 heavy (non-hydrogen) atoms. The van der Waals surface area contributed by atoms with Gasteiger partial charge in [0.2, 0.25) is 0 Å². The Morgan fingerprint density at radius 3 is 2.50 bits per heavy atom. The van der Waals surface area contributed by atoms with E-state index in [0.29, 0.717) is 0 Å². The molecule has 2 aromatic heterocycles. The molecule has 2 heterocycles. The highest BCUT2D eigenvalue weighted by Gasteiger charge is 2.36. The first-order valence-electron chi connectivity index (χ1n) is 8.97. The number of rotatable bonds is 5. The molecule has 1 amide bonds. The summed E-state index contributed by atoms with van der Waals surface area (Å²) >= 11 is 0. The molecule has 0 aliphatic carbocycles. The first-order valence-corrected chi connectivity index (χ1v) is 10.4. The van der Waals surface area contributed by atoms with Crippen LogP contribution in [-0.4, -0.2) is 35.0 Å². The minimum Gasteiger partial charge on any atom is -0.349 e. The number of sulfone groups is 1. The second-order valence-electron chi connectivity index (χ2n) is 7.57. The highest BCUT2D eigenvalue weighted by atomic mass is 32.2. The molecule has 0 spiro atoms. The molecule has 0 atom stereocenters. The van der Waals surface area contributed by atoms with Gasteiger partial charge in [-0.05, 0) is 50.6 Å². The molecule has 3 aromatic rings. The van der Waals surface area contributed by atoms with Gasteiger partial charge in [-0.2, -0.15) is 13.2 Å². The molecule has 0 aliphatic rings. The number of nitrogens with one attached hydrogen (secondary N) is 1. The lowest BCUT2D eigenvalue weighted by Crippen LogP contribution is -2.44. The zero-order chi connectivity index (χ0) is 22.3. The first-order chi connectivity index (χ1) is 13.8. The van der Waals surface area contributed by atoms with Crippen LogP contribution in [0.3, 0.4) is 0 Å². The van der Waals surface area contributed by atoms with Crippen molar-refractivity contribution in [1.82, 2.24) is 14.7 Å². The summed E-state index contributed by atoms with van der Waals surface area (Å²) in [6.07, 6.45) is -2.08. The molecule has 1 N–H and O–H groups in total. The highest BCUT2D eigenvalue weighted by molar-refractivity contribution is 7.92. The van der Waals surface area contributed by atoms with Crippen molar-refractivity contribution in [2.45, 2.75) is 36.6 Å². The van der Waals surface area contributed by atoms with Gasteiger partial charge in [0.15, 0.2) is 9.84 Å². The molecule has 0 saturated carbocycles. The van der Waals surface area contributed by atoms with Crippen molar-refractivity contribution in [1.29, 1.82) is 0 Å². The Bertz CT molecular complexity index is 1210. The average Bonchev–Trinajstić information content (AvgIpc) is 3.08. The number of aryl methyl sites for hydroxylation is 1. The summed E-state index contributed by atoms with van der Waals surface area (Å²) < 4.78 is 64.4. The van der Waals surface area contributed by atoms with Crippen LogP contribution in [0.2, 0.25) is 0 Å². The van der Waals surface area contributed by atoms with Gasteiger partial charge < -0.3 is 9.72 Å². The predicted molar refractivity (Wildman–Crippen MR) is 105 cm³/mol. The first kappa shape index (κ1) is 21.8. The number of carbonyl (C=O) groups excluding carboxylic acids is 1. The van der Waals surface area contributed by atoms with E-state index in [9.17, 15) is 26.4 Å². The lowest BCUT2D eigenvalue weighted by Gasteiger charge is -2.25. The van der Waals surface area contributed by atoms with Crippen molar-refractivity contribution in [2.75, 3.05) is 6.54 Å². The summed E-state index contributed by atoms with van der Waals surface area (Å²) in [5.41, 5.74) is -0.239. The summed E-state index contributed by atoms with van der Waals surface area (Å²) in [6.45, 7) is 4.56. The molecule has 3 rings (SSSR count). The van der Waals surface area contributed by atoms with Gasteiger partial charge >= 0.3 is 6.18 Å². The lowest BCUT2D eigenvalue weighted by molar-refractivity contribution is -0.137. The molecular formula is C20H20F3N3O3S. The van der Waals surface area contributed by atoms with Crippen molar-refractivity contribution in [2.24, 2.45) is 0 Å². The van der Waals surface area contributed by atoms with Gasteiger partial charge in [-0.15, -0.1) is 0 Å². The molecule has 0 fully saturated rings. The van der Waals surface area contributed by atoms with E-state index in [1.807, 2.05) is 0 Å². The molecule has 1 aromatic carbocycles. The molecule has 0 aliphatic heterocycles. The van der Waals surface area contributed by atoms with Crippen molar-refractivity contribution in [3.8, 4) is 0 Å². The number of hydrogen-bond donors (Lipinski definition) is 1. The Kier molecular flexibility index (Phi) is 5.40. The zero-order valence-corrected chi connectivity index (χ0v) is 17.3. The average molecular weight is 439 g/mol. The number of nitrogens with zero attached hydrogens (tertiary/aromatic N) is 2. The summed E-state index contributed by atoms with van der Waals surface area (Å²) in [7, 11) is -3.75. The normalized spacial score (nSPS) is 12.9. The van der Waals surface area contributed by atoms with Crippen LogP contribution in [0.25, 0.3) is 5.65 Å². The SMILES string of the molecule is Cc1cccc(S(=O)(=O)C(C)(C)CNC(=O)c2cn3ccc(C(F)(F)F)cc3n2)c1. The van der Waals surface area contributed by atoms with Crippen molar-refractivity contribution < 1.29 is 26.4 Å². The quantitative estimate of drug-likeness (QED) is 0.658. The summed E-state index contributed by atoms with van der Waals surface area (Å²) in [5.74, 6) is -0.681. The van der Waals surface area contributed by atoms with Crippen LogP contribution in [-0.2, 0) is 16.0 Å².